The highest BCUT2D eigenvalue weighted by Crippen LogP contribution is 2.38. The Kier molecular flexibility index (Phi) is 8.19. The summed E-state index contributed by atoms with van der Waals surface area (Å²) in [7, 11) is 2.11. The van der Waals surface area contributed by atoms with Crippen LogP contribution in [0, 0.1) is 0 Å². The molecule has 34 heavy (non-hydrogen) atoms. The molecule has 0 aliphatic heterocycles. The van der Waals surface area contributed by atoms with Crippen molar-refractivity contribution < 1.29 is 28.4 Å². The van der Waals surface area contributed by atoms with Crippen molar-refractivity contribution in [3.8, 4) is 17.2 Å². The van der Waals surface area contributed by atoms with Crippen LogP contribution in [0.2, 0.25) is 0 Å². The molecule has 3 aromatic rings. The monoisotopic (exact) mass is 479 g/mol. The van der Waals surface area contributed by atoms with E-state index in [2.05, 4.69) is 0 Å². The normalized spacial score (nSPS) is 11.0. The molecule has 0 N–H and O–H groups in total. The Hall–Kier alpha value is -3.50. The van der Waals surface area contributed by atoms with E-state index < -0.39 is 13.3 Å². The second kappa shape index (κ2) is 11.1. The Balaban J connectivity index is 2.21. The molecule has 0 heterocycles. The Morgan fingerprint density at radius 1 is 0.794 bits per heavy atom. The SMILES string of the molecule is CCc1ccc(C(=O)c2c(OC)cc(OC)cc2OC)c(CC)c1C(=O)[P](=O)c1ccccc1. The molecule has 1 radical (unpaired) electrons. The van der Waals surface area contributed by atoms with E-state index in [9.17, 15) is 14.2 Å². The minimum Gasteiger partial charge on any atom is -0.496 e. The molecule has 3 rings (SSSR count). The third-order valence-electron chi connectivity index (χ3n) is 5.71. The molecule has 0 spiro atoms. The van der Waals surface area contributed by atoms with Crippen molar-refractivity contribution in [1.82, 2.24) is 0 Å². The van der Waals surface area contributed by atoms with Crippen molar-refractivity contribution in [1.29, 1.82) is 0 Å². The van der Waals surface area contributed by atoms with Gasteiger partial charge in [0.2, 0.25) is 11.3 Å². The molecule has 0 saturated heterocycles. The second-order valence-corrected chi connectivity index (χ2v) is 9.02. The minimum absolute atomic E-state index is 0.232. The van der Waals surface area contributed by atoms with E-state index in [1.54, 1.807) is 54.6 Å². The number of rotatable bonds is 10. The molecule has 0 amide bonds. The van der Waals surface area contributed by atoms with Crippen molar-refractivity contribution in [2.24, 2.45) is 0 Å². The van der Waals surface area contributed by atoms with E-state index in [1.165, 1.54) is 21.3 Å². The number of hydrogen-bond acceptors (Lipinski definition) is 6. The number of methoxy groups -OCH3 is 3. The lowest BCUT2D eigenvalue weighted by molar-refractivity contribution is 0.103. The molecule has 177 valence electrons. The highest BCUT2D eigenvalue weighted by Gasteiger charge is 2.29. The van der Waals surface area contributed by atoms with Gasteiger partial charge in [0.05, 0.1) is 21.3 Å². The van der Waals surface area contributed by atoms with Gasteiger partial charge in [0.15, 0.2) is 7.80 Å². The van der Waals surface area contributed by atoms with Crippen LogP contribution in [0.15, 0.2) is 54.6 Å². The van der Waals surface area contributed by atoms with E-state index in [-0.39, 0.29) is 11.3 Å². The lowest BCUT2D eigenvalue weighted by Crippen LogP contribution is -2.15. The number of aryl methyl sites for hydroxylation is 1. The molecule has 1 atom stereocenters. The van der Waals surface area contributed by atoms with Crippen molar-refractivity contribution >= 4 is 24.4 Å². The molecular weight excluding hydrogens is 451 g/mol. The fourth-order valence-electron chi connectivity index (χ4n) is 3.98. The van der Waals surface area contributed by atoms with Gasteiger partial charge in [-0.05, 0) is 36.1 Å². The Labute approximate surface area is 200 Å². The topological polar surface area (TPSA) is 78.9 Å². The van der Waals surface area contributed by atoms with Gasteiger partial charge in [0.1, 0.15) is 22.8 Å². The zero-order chi connectivity index (χ0) is 24.8. The van der Waals surface area contributed by atoms with Crippen molar-refractivity contribution in [3.63, 3.8) is 0 Å². The predicted molar refractivity (Wildman–Crippen MR) is 133 cm³/mol. The predicted octanol–water partition coefficient (Wildman–Crippen LogP) is 5.36. The third kappa shape index (κ3) is 4.73. The van der Waals surface area contributed by atoms with Gasteiger partial charge in [0.25, 0.3) is 0 Å². The summed E-state index contributed by atoms with van der Waals surface area (Å²) in [4.78, 5) is 27.3. The second-order valence-electron chi connectivity index (χ2n) is 7.50. The Bertz CT molecular complexity index is 1210. The largest absolute Gasteiger partial charge is 0.496 e. The lowest BCUT2D eigenvalue weighted by Gasteiger charge is -2.18. The highest BCUT2D eigenvalue weighted by molar-refractivity contribution is 7.71. The zero-order valence-electron chi connectivity index (χ0n) is 20.0. The van der Waals surface area contributed by atoms with E-state index in [1.807, 2.05) is 13.8 Å². The van der Waals surface area contributed by atoms with Gasteiger partial charge in [-0.3, -0.25) is 14.2 Å². The van der Waals surface area contributed by atoms with Gasteiger partial charge in [-0.1, -0.05) is 44.2 Å². The van der Waals surface area contributed by atoms with E-state index in [0.29, 0.717) is 52.1 Å². The van der Waals surface area contributed by atoms with E-state index in [0.717, 1.165) is 5.56 Å². The maximum atomic E-state index is 13.8. The summed E-state index contributed by atoms with van der Waals surface area (Å²) in [6.45, 7) is 3.80. The van der Waals surface area contributed by atoms with Gasteiger partial charge >= 0.3 is 0 Å². The van der Waals surface area contributed by atoms with Crippen LogP contribution in [0.25, 0.3) is 0 Å². The first-order chi connectivity index (χ1) is 16.4. The van der Waals surface area contributed by atoms with Crippen LogP contribution in [-0.2, 0) is 17.4 Å². The molecule has 0 fully saturated rings. The van der Waals surface area contributed by atoms with Crippen LogP contribution >= 0.6 is 7.80 Å². The molecular formula is C27H28O6P. The van der Waals surface area contributed by atoms with Crippen LogP contribution in [-0.4, -0.2) is 32.6 Å². The van der Waals surface area contributed by atoms with E-state index >= 15 is 0 Å². The lowest BCUT2D eigenvalue weighted by atomic mass is 9.89. The van der Waals surface area contributed by atoms with Crippen LogP contribution in [0.5, 0.6) is 17.2 Å². The number of benzene rings is 3. The first kappa shape index (κ1) is 25.1. The number of hydrogen-bond donors (Lipinski definition) is 0. The van der Waals surface area contributed by atoms with Gasteiger partial charge in [-0.25, -0.2) is 0 Å². The average Bonchev–Trinajstić information content (AvgIpc) is 2.90. The summed E-state index contributed by atoms with van der Waals surface area (Å²) in [5.74, 6) is 0.731. The van der Waals surface area contributed by atoms with Crippen LogP contribution < -0.4 is 19.5 Å². The Morgan fingerprint density at radius 2 is 1.41 bits per heavy atom. The van der Waals surface area contributed by atoms with Crippen LogP contribution in [0.4, 0.5) is 0 Å². The van der Waals surface area contributed by atoms with Crippen LogP contribution in [0.1, 0.15) is 51.3 Å². The molecule has 3 aromatic carbocycles. The highest BCUT2D eigenvalue weighted by atomic mass is 31.1. The van der Waals surface area contributed by atoms with Gasteiger partial charge in [0, 0.05) is 28.6 Å². The number of carbonyl (C=O) groups excluding carboxylic acids is 2. The van der Waals surface area contributed by atoms with E-state index in [4.69, 9.17) is 14.2 Å². The maximum absolute atomic E-state index is 13.8. The maximum Gasteiger partial charge on any atom is 0.247 e. The van der Waals surface area contributed by atoms with Crippen molar-refractivity contribution in [3.05, 3.63) is 82.4 Å². The smallest absolute Gasteiger partial charge is 0.247 e. The van der Waals surface area contributed by atoms with Crippen molar-refractivity contribution in [2.45, 2.75) is 26.7 Å². The molecule has 0 aliphatic rings. The van der Waals surface area contributed by atoms with Crippen LogP contribution in [0.3, 0.4) is 0 Å². The summed E-state index contributed by atoms with van der Waals surface area (Å²) in [6.07, 6.45) is 0.977. The number of carbonyl (C=O) groups is 2. The molecule has 0 saturated carbocycles. The summed E-state index contributed by atoms with van der Waals surface area (Å²) >= 11 is 0. The number of ether oxygens (including phenoxy) is 3. The summed E-state index contributed by atoms with van der Waals surface area (Å²) in [6, 6.07) is 15.4. The molecule has 1 unspecified atom stereocenters. The average molecular weight is 479 g/mol. The molecule has 0 aromatic heterocycles. The summed E-state index contributed by atoms with van der Waals surface area (Å²) in [5.41, 5.74) is 1.78. The minimum atomic E-state index is -2.33. The van der Waals surface area contributed by atoms with Crippen molar-refractivity contribution in [2.75, 3.05) is 21.3 Å². The van der Waals surface area contributed by atoms with Gasteiger partial charge in [-0.15, -0.1) is 0 Å². The molecule has 7 heteroatoms. The molecule has 0 aliphatic carbocycles. The first-order valence-electron chi connectivity index (χ1n) is 11.0. The van der Waals surface area contributed by atoms with Gasteiger partial charge in [-0.2, -0.15) is 0 Å². The fourth-order valence-corrected chi connectivity index (χ4v) is 5.14. The number of ketones is 1. The molecule has 0 bridgehead atoms. The third-order valence-corrected chi connectivity index (χ3v) is 7.07. The quantitative estimate of drug-likeness (QED) is 0.288. The first-order valence-corrected chi connectivity index (χ1v) is 12.2. The van der Waals surface area contributed by atoms with Gasteiger partial charge < -0.3 is 14.2 Å². The standard InChI is InChI=1S/C27H28O6P/c1-6-17-13-14-21(26(28)25-22(32-4)15-18(31-3)16-23(25)33-5)20(7-2)24(17)27(29)34(30)19-11-9-8-10-12-19/h8-16H,6-7H2,1-5H3. The summed E-state index contributed by atoms with van der Waals surface area (Å²) in [5, 5.41) is 0.460. The Morgan fingerprint density at radius 3 is 1.91 bits per heavy atom. The zero-order valence-corrected chi connectivity index (χ0v) is 20.9. The molecule has 6 nitrogen and oxygen atoms in total. The fraction of sp³-hybridized carbons (Fsp3) is 0.259. The summed E-state index contributed by atoms with van der Waals surface area (Å²) < 4.78 is 29.4.